The van der Waals surface area contributed by atoms with E-state index >= 15 is 0 Å². The minimum Gasteiger partial charge on any atom is -0.393 e. The Morgan fingerprint density at radius 1 is 1.31 bits per heavy atom. The zero-order valence-electron chi connectivity index (χ0n) is 14.9. The van der Waals surface area contributed by atoms with Gasteiger partial charge >= 0.3 is 0 Å². The van der Waals surface area contributed by atoms with Gasteiger partial charge < -0.3 is 15.0 Å². The molecule has 0 bridgehead atoms. The molecule has 26 heavy (non-hydrogen) atoms. The van der Waals surface area contributed by atoms with E-state index in [0.717, 1.165) is 35.9 Å². The maximum atomic E-state index is 10.4. The maximum Gasteiger partial charge on any atom is 0.155 e. The topological polar surface area (TPSA) is 93.7 Å². The summed E-state index contributed by atoms with van der Waals surface area (Å²) in [6.07, 6.45) is 6.72. The Hall–Kier alpha value is -2.74. The number of nitrogens with zero attached hydrogens (tertiary/aromatic N) is 6. The van der Waals surface area contributed by atoms with Gasteiger partial charge in [0.25, 0.3) is 0 Å². The fourth-order valence-corrected chi connectivity index (χ4v) is 3.62. The lowest BCUT2D eigenvalue weighted by Gasteiger charge is -2.15. The second-order valence-corrected chi connectivity index (χ2v) is 7.02. The molecule has 8 nitrogen and oxygen atoms in total. The van der Waals surface area contributed by atoms with Crippen LogP contribution < -0.4 is 5.32 Å². The normalized spacial score (nSPS) is 22.7. The Balaban J connectivity index is 1.40. The molecule has 8 heteroatoms. The van der Waals surface area contributed by atoms with Crippen molar-refractivity contribution in [1.82, 2.24) is 29.5 Å². The predicted octanol–water partition coefficient (Wildman–Crippen LogP) is 1.67. The lowest BCUT2D eigenvalue weighted by atomic mass is 10.0. The molecule has 0 amide bonds. The van der Waals surface area contributed by atoms with Crippen molar-refractivity contribution in [3.8, 4) is 5.82 Å². The van der Waals surface area contributed by atoms with Gasteiger partial charge in [0.2, 0.25) is 0 Å². The number of aliphatic hydroxyl groups excluding tert-OH is 1. The lowest BCUT2D eigenvalue weighted by Crippen LogP contribution is -2.22. The van der Waals surface area contributed by atoms with Crippen LogP contribution >= 0.6 is 0 Å². The van der Waals surface area contributed by atoms with Crippen LogP contribution in [0.25, 0.3) is 5.82 Å². The monoisotopic (exact) mass is 353 g/mol. The third-order valence-electron chi connectivity index (χ3n) is 5.00. The Bertz CT molecular complexity index is 887. The van der Waals surface area contributed by atoms with E-state index in [1.165, 1.54) is 0 Å². The SMILES string of the molecule is Cc1cnn(-c2cccc(NC[C@H]3C[C@H](c4nncn4C)C[C@H]3O)n2)c1. The van der Waals surface area contributed by atoms with Crippen LogP contribution in [0.3, 0.4) is 0 Å². The predicted molar refractivity (Wildman–Crippen MR) is 97.1 cm³/mol. The molecule has 4 rings (SSSR count). The zero-order chi connectivity index (χ0) is 18.1. The van der Waals surface area contributed by atoms with E-state index in [9.17, 15) is 5.11 Å². The smallest absolute Gasteiger partial charge is 0.155 e. The molecule has 0 aliphatic heterocycles. The van der Waals surface area contributed by atoms with Crippen LogP contribution in [-0.4, -0.2) is 47.3 Å². The Labute approximate surface area is 151 Å². The van der Waals surface area contributed by atoms with Gasteiger partial charge in [-0.2, -0.15) is 5.10 Å². The van der Waals surface area contributed by atoms with E-state index in [4.69, 9.17) is 0 Å². The summed E-state index contributed by atoms with van der Waals surface area (Å²) in [5.41, 5.74) is 1.09. The van der Waals surface area contributed by atoms with Gasteiger partial charge in [0.05, 0.1) is 12.3 Å². The van der Waals surface area contributed by atoms with E-state index in [-0.39, 0.29) is 17.9 Å². The molecule has 1 fully saturated rings. The molecule has 1 aliphatic rings. The standard InChI is InChI=1S/C18H23N7O/c1-12-8-21-25(10-12)17-5-3-4-16(22-17)19-9-14-6-13(7-15(14)26)18-23-20-11-24(18)2/h3-5,8,10-11,13-15,26H,6-7,9H2,1-2H3,(H,19,22)/t13-,14+,15+/m0/s1. The van der Waals surface area contributed by atoms with Crippen LogP contribution in [0.4, 0.5) is 5.82 Å². The number of hydrogen-bond donors (Lipinski definition) is 2. The van der Waals surface area contributed by atoms with Gasteiger partial charge in [0.15, 0.2) is 5.82 Å². The first-order chi connectivity index (χ1) is 12.6. The summed E-state index contributed by atoms with van der Waals surface area (Å²) in [4.78, 5) is 4.61. The summed E-state index contributed by atoms with van der Waals surface area (Å²) < 4.78 is 3.69. The van der Waals surface area contributed by atoms with Crippen molar-refractivity contribution in [2.24, 2.45) is 13.0 Å². The Morgan fingerprint density at radius 2 is 2.19 bits per heavy atom. The average Bonchev–Trinajstić information content (AvgIpc) is 3.34. The van der Waals surface area contributed by atoms with E-state index < -0.39 is 0 Å². The molecule has 0 spiro atoms. The zero-order valence-corrected chi connectivity index (χ0v) is 14.9. The van der Waals surface area contributed by atoms with E-state index in [1.807, 2.05) is 49.1 Å². The summed E-state index contributed by atoms with van der Waals surface area (Å²) in [5.74, 6) is 2.91. The van der Waals surface area contributed by atoms with Crippen LogP contribution in [0.1, 0.15) is 30.1 Å². The van der Waals surface area contributed by atoms with E-state index in [0.29, 0.717) is 6.54 Å². The molecule has 136 valence electrons. The van der Waals surface area contributed by atoms with Gasteiger partial charge in [-0.15, -0.1) is 10.2 Å². The summed E-state index contributed by atoms with van der Waals surface area (Å²) in [6, 6.07) is 5.81. The summed E-state index contributed by atoms with van der Waals surface area (Å²) >= 11 is 0. The molecule has 1 aliphatic carbocycles. The van der Waals surface area contributed by atoms with Crippen molar-refractivity contribution in [2.45, 2.75) is 31.8 Å². The minimum atomic E-state index is -0.346. The molecule has 0 radical (unpaired) electrons. The van der Waals surface area contributed by atoms with Gasteiger partial charge in [-0.05, 0) is 37.5 Å². The Kier molecular flexibility index (Phi) is 4.42. The number of pyridine rings is 1. The number of aromatic nitrogens is 6. The first-order valence-electron chi connectivity index (χ1n) is 8.84. The average molecular weight is 353 g/mol. The van der Waals surface area contributed by atoms with Crippen molar-refractivity contribution in [1.29, 1.82) is 0 Å². The second kappa shape index (κ2) is 6.87. The highest BCUT2D eigenvalue weighted by Crippen LogP contribution is 2.37. The quantitative estimate of drug-likeness (QED) is 0.725. The van der Waals surface area contributed by atoms with E-state index in [2.05, 4.69) is 25.6 Å². The fraction of sp³-hybridized carbons (Fsp3) is 0.444. The summed E-state index contributed by atoms with van der Waals surface area (Å²) in [5, 5.41) is 26.2. The van der Waals surface area contributed by atoms with Crippen LogP contribution in [-0.2, 0) is 7.05 Å². The second-order valence-electron chi connectivity index (χ2n) is 7.02. The largest absolute Gasteiger partial charge is 0.393 e. The van der Waals surface area contributed by atoms with Gasteiger partial charge in [-0.3, -0.25) is 0 Å². The molecule has 0 saturated heterocycles. The molecule has 3 atom stereocenters. The highest BCUT2D eigenvalue weighted by molar-refractivity contribution is 5.39. The molecule has 2 N–H and O–H groups in total. The van der Waals surface area contributed by atoms with Crippen molar-refractivity contribution in [2.75, 3.05) is 11.9 Å². The molecule has 0 aromatic carbocycles. The number of rotatable bonds is 5. The highest BCUT2D eigenvalue weighted by atomic mass is 16.3. The van der Waals surface area contributed by atoms with Crippen LogP contribution in [0.2, 0.25) is 0 Å². The maximum absolute atomic E-state index is 10.4. The lowest BCUT2D eigenvalue weighted by molar-refractivity contribution is 0.137. The van der Waals surface area contributed by atoms with Gasteiger partial charge in [0.1, 0.15) is 18.0 Å². The number of hydrogen-bond acceptors (Lipinski definition) is 6. The van der Waals surface area contributed by atoms with Gasteiger partial charge in [-0.25, -0.2) is 9.67 Å². The van der Waals surface area contributed by atoms with Crippen LogP contribution in [0.15, 0.2) is 36.9 Å². The van der Waals surface area contributed by atoms with Crippen molar-refractivity contribution in [3.05, 3.63) is 48.3 Å². The van der Waals surface area contributed by atoms with E-state index in [1.54, 1.807) is 11.0 Å². The number of nitrogens with one attached hydrogen (secondary N) is 1. The molecule has 3 aromatic rings. The fourth-order valence-electron chi connectivity index (χ4n) is 3.62. The minimum absolute atomic E-state index is 0.161. The molecule has 1 saturated carbocycles. The first-order valence-corrected chi connectivity index (χ1v) is 8.84. The van der Waals surface area contributed by atoms with Crippen molar-refractivity contribution in [3.63, 3.8) is 0 Å². The molecular formula is C18H23N7O. The van der Waals surface area contributed by atoms with Crippen LogP contribution in [0, 0.1) is 12.8 Å². The van der Waals surface area contributed by atoms with Gasteiger partial charge in [0, 0.05) is 31.6 Å². The molecular weight excluding hydrogens is 330 g/mol. The number of aryl methyl sites for hydroxylation is 2. The summed E-state index contributed by atoms with van der Waals surface area (Å²) in [6.45, 7) is 2.67. The van der Waals surface area contributed by atoms with Crippen molar-refractivity contribution < 1.29 is 5.11 Å². The third-order valence-corrected chi connectivity index (χ3v) is 5.00. The third kappa shape index (κ3) is 3.32. The number of anilines is 1. The Morgan fingerprint density at radius 3 is 2.92 bits per heavy atom. The molecule has 3 aromatic heterocycles. The molecule has 0 unspecified atom stereocenters. The molecule has 3 heterocycles. The van der Waals surface area contributed by atoms with Crippen molar-refractivity contribution >= 4 is 5.82 Å². The van der Waals surface area contributed by atoms with Crippen LogP contribution in [0.5, 0.6) is 0 Å². The number of aliphatic hydroxyl groups is 1. The summed E-state index contributed by atoms with van der Waals surface area (Å²) in [7, 11) is 1.94. The first kappa shape index (κ1) is 16.7. The highest BCUT2D eigenvalue weighted by Gasteiger charge is 2.35. The van der Waals surface area contributed by atoms with Gasteiger partial charge in [-0.1, -0.05) is 6.07 Å².